The number of H-pyrrole nitrogens is 1. The van der Waals surface area contributed by atoms with Gasteiger partial charge in [-0.05, 0) is 17.5 Å². The van der Waals surface area contributed by atoms with Crippen LogP contribution < -0.4 is 5.32 Å². The summed E-state index contributed by atoms with van der Waals surface area (Å²) in [4.78, 5) is 16.0. The summed E-state index contributed by atoms with van der Waals surface area (Å²) in [6.45, 7) is 0.441. The first-order chi connectivity index (χ1) is 12.2. The number of fused-ring (bicyclic) bond motifs is 1. The van der Waals surface area contributed by atoms with E-state index < -0.39 is 0 Å². The van der Waals surface area contributed by atoms with Gasteiger partial charge in [0.2, 0.25) is 0 Å². The van der Waals surface area contributed by atoms with Crippen molar-refractivity contribution >= 4 is 16.8 Å². The fourth-order valence-corrected chi connectivity index (χ4v) is 2.96. The van der Waals surface area contributed by atoms with Crippen LogP contribution in [0.1, 0.15) is 16.1 Å². The minimum Gasteiger partial charge on any atom is -0.357 e. The molecule has 0 radical (unpaired) electrons. The van der Waals surface area contributed by atoms with Gasteiger partial charge >= 0.3 is 0 Å². The summed E-state index contributed by atoms with van der Waals surface area (Å²) in [5.74, 6) is -0.134. The third-order valence-electron chi connectivity index (χ3n) is 4.15. The van der Waals surface area contributed by atoms with Gasteiger partial charge in [0.05, 0.1) is 12.1 Å². The quantitative estimate of drug-likeness (QED) is 0.601. The summed E-state index contributed by atoms with van der Waals surface area (Å²) in [5, 5.41) is 8.55. The van der Waals surface area contributed by atoms with Gasteiger partial charge in [0, 0.05) is 30.0 Å². The number of carbonyl (C=O) groups is 1. The molecule has 1 amide bonds. The van der Waals surface area contributed by atoms with Crippen LogP contribution in [0.5, 0.6) is 0 Å². The number of aromatic amines is 1. The van der Waals surface area contributed by atoms with Crippen molar-refractivity contribution in [2.24, 2.45) is 7.05 Å². The number of rotatable bonds is 4. The van der Waals surface area contributed by atoms with Crippen molar-refractivity contribution in [2.45, 2.75) is 6.54 Å². The van der Waals surface area contributed by atoms with Crippen LogP contribution in [0.4, 0.5) is 0 Å². The van der Waals surface area contributed by atoms with Crippen LogP contribution in [-0.4, -0.2) is 20.7 Å². The number of aromatic nitrogens is 3. The number of aryl methyl sites for hydroxylation is 1. The van der Waals surface area contributed by atoms with Crippen molar-refractivity contribution in [3.63, 3.8) is 0 Å². The average Bonchev–Trinajstić information content (AvgIpc) is 3.23. The SMILES string of the molecule is Cn1cc(C(=O)NCc2cc3ccccc3[nH]2)c(-c2ccccc2)n1. The largest absolute Gasteiger partial charge is 0.357 e. The fraction of sp³-hybridized carbons (Fsp3) is 0.100. The lowest BCUT2D eigenvalue weighted by molar-refractivity contribution is 0.0951. The molecule has 2 N–H and O–H groups in total. The van der Waals surface area contributed by atoms with Gasteiger partial charge < -0.3 is 10.3 Å². The first-order valence-electron chi connectivity index (χ1n) is 8.14. The summed E-state index contributed by atoms with van der Waals surface area (Å²) in [5.41, 5.74) is 4.23. The Bertz CT molecular complexity index is 997. The molecule has 2 aromatic heterocycles. The molecule has 0 unspecified atom stereocenters. The molecule has 2 aromatic carbocycles. The minimum atomic E-state index is -0.134. The van der Waals surface area contributed by atoms with Crippen LogP contribution in [0, 0.1) is 0 Å². The van der Waals surface area contributed by atoms with E-state index in [1.807, 2.05) is 61.6 Å². The molecule has 4 rings (SSSR count). The van der Waals surface area contributed by atoms with Crippen molar-refractivity contribution in [3.8, 4) is 11.3 Å². The first-order valence-corrected chi connectivity index (χ1v) is 8.14. The molecule has 0 spiro atoms. The van der Waals surface area contributed by atoms with Crippen LogP contribution in [0.2, 0.25) is 0 Å². The highest BCUT2D eigenvalue weighted by molar-refractivity contribution is 5.99. The molecule has 0 aliphatic heterocycles. The van der Waals surface area contributed by atoms with Crippen LogP contribution in [-0.2, 0) is 13.6 Å². The smallest absolute Gasteiger partial charge is 0.255 e. The molecule has 0 aliphatic rings. The van der Waals surface area contributed by atoms with Gasteiger partial charge in [-0.1, -0.05) is 48.5 Å². The molecule has 0 aliphatic carbocycles. The third-order valence-corrected chi connectivity index (χ3v) is 4.15. The predicted octanol–water partition coefficient (Wildman–Crippen LogP) is 3.50. The summed E-state index contributed by atoms with van der Waals surface area (Å²) >= 11 is 0. The van der Waals surface area contributed by atoms with Gasteiger partial charge in [-0.2, -0.15) is 5.10 Å². The molecule has 0 saturated carbocycles. The maximum Gasteiger partial charge on any atom is 0.255 e. The van der Waals surface area contributed by atoms with E-state index in [1.165, 1.54) is 0 Å². The van der Waals surface area contributed by atoms with Gasteiger partial charge in [0.25, 0.3) is 5.91 Å². The van der Waals surface area contributed by atoms with E-state index in [1.54, 1.807) is 10.9 Å². The van der Waals surface area contributed by atoms with Crippen LogP contribution >= 0.6 is 0 Å². The molecule has 25 heavy (non-hydrogen) atoms. The summed E-state index contributed by atoms with van der Waals surface area (Å²) in [6, 6.07) is 19.9. The van der Waals surface area contributed by atoms with Crippen molar-refractivity contribution < 1.29 is 4.79 Å². The highest BCUT2D eigenvalue weighted by atomic mass is 16.1. The number of benzene rings is 2. The van der Waals surface area contributed by atoms with E-state index in [0.717, 1.165) is 22.2 Å². The van der Waals surface area contributed by atoms with E-state index in [9.17, 15) is 4.79 Å². The third kappa shape index (κ3) is 3.04. The Labute approximate surface area is 145 Å². The van der Waals surface area contributed by atoms with Crippen molar-refractivity contribution in [1.29, 1.82) is 0 Å². The molecular formula is C20H18N4O. The highest BCUT2D eigenvalue weighted by Gasteiger charge is 2.17. The minimum absolute atomic E-state index is 0.134. The topological polar surface area (TPSA) is 62.7 Å². The Kier molecular flexibility index (Phi) is 3.82. The zero-order valence-corrected chi connectivity index (χ0v) is 13.9. The molecule has 5 nitrogen and oxygen atoms in total. The Balaban J connectivity index is 1.55. The monoisotopic (exact) mass is 330 g/mol. The molecule has 0 saturated heterocycles. The predicted molar refractivity (Wildman–Crippen MR) is 98.1 cm³/mol. The Morgan fingerprint density at radius 3 is 2.68 bits per heavy atom. The lowest BCUT2D eigenvalue weighted by Gasteiger charge is -2.04. The Hall–Kier alpha value is -3.34. The maximum atomic E-state index is 12.7. The van der Waals surface area contributed by atoms with Crippen molar-refractivity contribution in [1.82, 2.24) is 20.1 Å². The van der Waals surface area contributed by atoms with Gasteiger partial charge in [-0.3, -0.25) is 9.48 Å². The summed E-state index contributed by atoms with van der Waals surface area (Å²) in [6.07, 6.45) is 1.75. The number of para-hydroxylation sites is 1. The van der Waals surface area contributed by atoms with Gasteiger partial charge in [0.1, 0.15) is 5.69 Å². The molecule has 4 aromatic rings. The van der Waals surface area contributed by atoms with Gasteiger partial charge in [-0.15, -0.1) is 0 Å². The first kappa shape index (κ1) is 15.2. The Morgan fingerprint density at radius 1 is 1.12 bits per heavy atom. The standard InChI is InChI=1S/C20H18N4O/c1-24-13-17(19(23-24)14-7-3-2-4-8-14)20(25)21-12-16-11-15-9-5-6-10-18(15)22-16/h2-11,13,22H,12H2,1H3,(H,21,25). The molecule has 124 valence electrons. The van der Waals surface area contributed by atoms with E-state index in [4.69, 9.17) is 0 Å². The van der Waals surface area contributed by atoms with Crippen LogP contribution in [0.25, 0.3) is 22.2 Å². The number of hydrogen-bond acceptors (Lipinski definition) is 2. The Morgan fingerprint density at radius 2 is 1.88 bits per heavy atom. The average molecular weight is 330 g/mol. The van der Waals surface area contributed by atoms with Gasteiger partial charge in [0.15, 0.2) is 0 Å². The second-order valence-electron chi connectivity index (χ2n) is 6.00. The van der Waals surface area contributed by atoms with Crippen LogP contribution in [0.15, 0.2) is 66.9 Å². The number of amides is 1. The number of nitrogens with zero attached hydrogens (tertiary/aromatic N) is 2. The molecular weight excluding hydrogens is 312 g/mol. The van der Waals surface area contributed by atoms with Crippen molar-refractivity contribution in [2.75, 3.05) is 0 Å². The van der Waals surface area contributed by atoms with Gasteiger partial charge in [-0.25, -0.2) is 0 Å². The number of carbonyl (C=O) groups excluding carboxylic acids is 1. The summed E-state index contributed by atoms with van der Waals surface area (Å²) in [7, 11) is 1.82. The van der Waals surface area contributed by atoms with E-state index in [-0.39, 0.29) is 5.91 Å². The number of nitrogens with one attached hydrogen (secondary N) is 2. The second kappa shape index (κ2) is 6.28. The zero-order valence-electron chi connectivity index (χ0n) is 13.9. The molecule has 0 fully saturated rings. The van der Waals surface area contributed by atoms with E-state index in [0.29, 0.717) is 17.8 Å². The van der Waals surface area contributed by atoms with Crippen molar-refractivity contribution in [3.05, 3.63) is 78.1 Å². The lowest BCUT2D eigenvalue weighted by Crippen LogP contribution is -2.23. The van der Waals surface area contributed by atoms with Crippen LogP contribution in [0.3, 0.4) is 0 Å². The molecule has 5 heteroatoms. The molecule has 0 bridgehead atoms. The highest BCUT2D eigenvalue weighted by Crippen LogP contribution is 2.21. The van der Waals surface area contributed by atoms with E-state index >= 15 is 0 Å². The lowest BCUT2D eigenvalue weighted by atomic mass is 10.1. The summed E-state index contributed by atoms with van der Waals surface area (Å²) < 4.78 is 1.67. The fourth-order valence-electron chi connectivity index (χ4n) is 2.96. The number of hydrogen-bond donors (Lipinski definition) is 2. The molecule has 0 atom stereocenters. The normalized spacial score (nSPS) is 10.9. The maximum absolute atomic E-state index is 12.7. The molecule has 2 heterocycles. The van der Waals surface area contributed by atoms with E-state index in [2.05, 4.69) is 21.5 Å². The second-order valence-corrected chi connectivity index (χ2v) is 6.00. The zero-order chi connectivity index (χ0) is 17.2.